The summed E-state index contributed by atoms with van der Waals surface area (Å²) in [6, 6.07) is 0. The molecule has 1 heterocycles. The van der Waals surface area contributed by atoms with Gasteiger partial charge in [0.1, 0.15) is 5.69 Å². The SMILES string of the molecule is CC1c2onnc2[C@H]1C. The third-order valence-electron chi connectivity index (χ3n) is 2.14. The van der Waals surface area contributed by atoms with E-state index in [0.717, 1.165) is 11.5 Å². The maximum absolute atomic E-state index is 4.87. The average Bonchev–Trinajstić information content (AvgIpc) is 2.30. The lowest BCUT2D eigenvalue weighted by atomic mass is 9.78. The predicted octanol–water partition coefficient (Wildman–Crippen LogP) is 1.29. The van der Waals surface area contributed by atoms with E-state index in [9.17, 15) is 0 Å². The van der Waals surface area contributed by atoms with Gasteiger partial charge in [-0.05, 0) is 0 Å². The highest BCUT2D eigenvalue weighted by Crippen LogP contribution is 2.43. The normalized spacial score (nSPS) is 31.3. The molecular weight excluding hydrogens is 116 g/mol. The maximum atomic E-state index is 4.87. The third kappa shape index (κ3) is 0.422. The van der Waals surface area contributed by atoms with Crippen LogP contribution in [0.25, 0.3) is 0 Å². The lowest BCUT2D eigenvalue weighted by Crippen LogP contribution is -2.17. The van der Waals surface area contributed by atoms with Crippen LogP contribution in [0.3, 0.4) is 0 Å². The van der Waals surface area contributed by atoms with Gasteiger partial charge in [0, 0.05) is 17.1 Å². The number of aromatic nitrogens is 2. The van der Waals surface area contributed by atoms with E-state index in [1.165, 1.54) is 0 Å². The van der Waals surface area contributed by atoms with Crippen molar-refractivity contribution in [3.05, 3.63) is 11.5 Å². The van der Waals surface area contributed by atoms with Gasteiger partial charge in [-0.1, -0.05) is 13.8 Å². The molecule has 0 saturated carbocycles. The zero-order chi connectivity index (χ0) is 6.43. The minimum atomic E-state index is 0.523. The van der Waals surface area contributed by atoms with Gasteiger partial charge in [0.05, 0.1) is 0 Å². The van der Waals surface area contributed by atoms with Crippen molar-refractivity contribution in [1.82, 2.24) is 10.4 Å². The van der Waals surface area contributed by atoms with E-state index in [0.29, 0.717) is 11.8 Å². The Labute approximate surface area is 53.0 Å². The molecule has 0 radical (unpaired) electrons. The summed E-state index contributed by atoms with van der Waals surface area (Å²) >= 11 is 0. The van der Waals surface area contributed by atoms with Crippen LogP contribution in [-0.2, 0) is 0 Å². The molecule has 1 aromatic heterocycles. The Balaban J connectivity index is 2.50. The molecule has 48 valence electrons. The average molecular weight is 124 g/mol. The van der Waals surface area contributed by atoms with Gasteiger partial charge >= 0.3 is 0 Å². The van der Waals surface area contributed by atoms with Crippen molar-refractivity contribution < 1.29 is 4.52 Å². The highest BCUT2D eigenvalue weighted by molar-refractivity contribution is 5.29. The van der Waals surface area contributed by atoms with Crippen molar-refractivity contribution in [3.63, 3.8) is 0 Å². The summed E-state index contributed by atoms with van der Waals surface area (Å²) < 4.78 is 4.87. The van der Waals surface area contributed by atoms with Gasteiger partial charge in [0.25, 0.3) is 0 Å². The molecule has 1 aliphatic carbocycles. The van der Waals surface area contributed by atoms with E-state index < -0.39 is 0 Å². The zero-order valence-corrected chi connectivity index (χ0v) is 5.46. The first-order chi connectivity index (χ1) is 4.30. The quantitative estimate of drug-likeness (QED) is 0.523. The van der Waals surface area contributed by atoms with E-state index in [4.69, 9.17) is 4.52 Å². The van der Waals surface area contributed by atoms with E-state index in [1.54, 1.807) is 0 Å². The Morgan fingerprint density at radius 2 is 2.11 bits per heavy atom. The zero-order valence-electron chi connectivity index (χ0n) is 5.46. The fourth-order valence-electron chi connectivity index (χ4n) is 1.20. The Bertz CT molecular complexity index is 208. The first-order valence-electron chi connectivity index (χ1n) is 3.13. The largest absolute Gasteiger partial charge is 0.342 e. The topological polar surface area (TPSA) is 38.9 Å². The second-order valence-electron chi connectivity index (χ2n) is 2.60. The molecule has 1 unspecified atom stereocenters. The number of hydrogen-bond acceptors (Lipinski definition) is 3. The highest BCUT2D eigenvalue weighted by atomic mass is 16.5. The van der Waals surface area contributed by atoms with Crippen LogP contribution in [-0.4, -0.2) is 10.4 Å². The Morgan fingerprint density at radius 3 is 2.78 bits per heavy atom. The van der Waals surface area contributed by atoms with Crippen molar-refractivity contribution in [1.29, 1.82) is 0 Å². The Kier molecular flexibility index (Phi) is 0.743. The highest BCUT2D eigenvalue weighted by Gasteiger charge is 2.37. The van der Waals surface area contributed by atoms with Crippen LogP contribution in [0.5, 0.6) is 0 Å². The van der Waals surface area contributed by atoms with Crippen LogP contribution in [0.15, 0.2) is 4.52 Å². The van der Waals surface area contributed by atoms with Crippen LogP contribution in [0.1, 0.15) is 37.1 Å². The smallest absolute Gasteiger partial charge is 0.164 e. The number of rotatable bonds is 0. The first kappa shape index (κ1) is 4.97. The second kappa shape index (κ2) is 1.35. The van der Waals surface area contributed by atoms with Crippen molar-refractivity contribution in [2.24, 2.45) is 0 Å². The lowest BCUT2D eigenvalue weighted by Gasteiger charge is -2.24. The van der Waals surface area contributed by atoms with Crippen molar-refractivity contribution in [3.8, 4) is 0 Å². The molecule has 0 saturated heterocycles. The van der Waals surface area contributed by atoms with Crippen LogP contribution in [0.4, 0.5) is 0 Å². The summed E-state index contributed by atoms with van der Waals surface area (Å²) in [6.07, 6.45) is 0. The van der Waals surface area contributed by atoms with Gasteiger partial charge < -0.3 is 4.52 Å². The molecule has 0 bridgehead atoms. The van der Waals surface area contributed by atoms with Crippen LogP contribution >= 0.6 is 0 Å². The molecule has 0 amide bonds. The lowest BCUT2D eigenvalue weighted by molar-refractivity contribution is 0.320. The van der Waals surface area contributed by atoms with Gasteiger partial charge in [-0.3, -0.25) is 0 Å². The molecule has 1 aliphatic rings. The Hall–Kier alpha value is -0.860. The molecule has 2 rings (SSSR count). The van der Waals surface area contributed by atoms with Crippen LogP contribution in [0, 0.1) is 0 Å². The van der Waals surface area contributed by atoms with Crippen molar-refractivity contribution >= 4 is 0 Å². The molecule has 3 heteroatoms. The minimum Gasteiger partial charge on any atom is -0.342 e. The van der Waals surface area contributed by atoms with E-state index in [-0.39, 0.29) is 0 Å². The second-order valence-corrected chi connectivity index (χ2v) is 2.60. The van der Waals surface area contributed by atoms with Gasteiger partial charge in [0.15, 0.2) is 5.76 Å². The monoisotopic (exact) mass is 124 g/mol. The van der Waals surface area contributed by atoms with E-state index >= 15 is 0 Å². The Morgan fingerprint density at radius 1 is 1.33 bits per heavy atom. The standard InChI is InChI=1S/C6H8N2O/c1-3-4(2)6-5(3)7-8-9-6/h3-4H,1-2H3/t3-,4?/m0/s1. The summed E-state index contributed by atoms with van der Waals surface area (Å²) in [5.74, 6) is 2.05. The third-order valence-corrected chi connectivity index (χ3v) is 2.14. The van der Waals surface area contributed by atoms with Crippen molar-refractivity contribution in [2.45, 2.75) is 25.7 Å². The van der Waals surface area contributed by atoms with E-state index in [1.807, 2.05) is 0 Å². The first-order valence-corrected chi connectivity index (χ1v) is 3.13. The van der Waals surface area contributed by atoms with Gasteiger partial charge in [-0.2, -0.15) is 0 Å². The minimum absolute atomic E-state index is 0.523. The van der Waals surface area contributed by atoms with Crippen LogP contribution in [0.2, 0.25) is 0 Å². The summed E-state index contributed by atoms with van der Waals surface area (Å²) in [7, 11) is 0. The molecule has 2 atom stereocenters. The molecule has 0 spiro atoms. The number of fused-ring (bicyclic) bond motifs is 1. The van der Waals surface area contributed by atoms with Gasteiger partial charge in [0.2, 0.25) is 0 Å². The molecule has 0 aliphatic heterocycles. The van der Waals surface area contributed by atoms with Gasteiger partial charge in [-0.25, -0.2) is 0 Å². The van der Waals surface area contributed by atoms with Gasteiger partial charge in [-0.15, -0.1) is 5.10 Å². The summed E-state index contributed by atoms with van der Waals surface area (Å²) in [5.41, 5.74) is 1.04. The molecule has 3 nitrogen and oxygen atoms in total. The fourth-order valence-corrected chi connectivity index (χ4v) is 1.20. The fraction of sp³-hybridized carbons (Fsp3) is 0.667. The molecule has 9 heavy (non-hydrogen) atoms. The molecule has 0 N–H and O–H groups in total. The van der Waals surface area contributed by atoms with Crippen molar-refractivity contribution in [2.75, 3.05) is 0 Å². The van der Waals surface area contributed by atoms with Crippen LogP contribution < -0.4 is 0 Å². The summed E-state index contributed by atoms with van der Waals surface area (Å²) in [5, 5.41) is 7.28. The molecule has 0 aromatic carbocycles. The molecular formula is C6H8N2O. The number of nitrogens with zero attached hydrogens (tertiary/aromatic N) is 2. The summed E-state index contributed by atoms with van der Waals surface area (Å²) in [4.78, 5) is 0. The van der Waals surface area contributed by atoms with E-state index in [2.05, 4.69) is 24.2 Å². The predicted molar refractivity (Wildman–Crippen MR) is 31.1 cm³/mol. The molecule has 1 aromatic rings. The number of hydrogen-bond donors (Lipinski definition) is 0. The molecule has 0 fully saturated rings. The summed E-state index contributed by atoms with van der Waals surface area (Å²) in [6.45, 7) is 4.26. The maximum Gasteiger partial charge on any atom is 0.164 e.